The number of hydrogen-bond donors (Lipinski definition) is 1. The number of allylic oxidation sites excluding steroid dienone is 3. The third kappa shape index (κ3) is 2.37. The summed E-state index contributed by atoms with van der Waals surface area (Å²) in [5.41, 5.74) is 5.17. The van der Waals surface area contributed by atoms with Crippen molar-refractivity contribution in [1.29, 1.82) is 0 Å². The van der Waals surface area contributed by atoms with Crippen LogP contribution in [-0.2, 0) is 0 Å². The molecule has 0 aliphatic heterocycles. The monoisotopic (exact) mass is 349 g/mol. The molecule has 0 amide bonds. The van der Waals surface area contributed by atoms with Crippen LogP contribution in [0, 0.1) is 28.6 Å². The van der Waals surface area contributed by atoms with Gasteiger partial charge < -0.3 is 5.11 Å². The normalized spacial score (nSPS) is 44.4. The van der Waals surface area contributed by atoms with Gasteiger partial charge in [-0.05, 0) is 96.8 Å². The molecule has 4 aliphatic rings. The molecule has 0 aromatic carbocycles. The second-order valence-electron chi connectivity index (χ2n) is 9.81. The first-order valence-corrected chi connectivity index (χ1v) is 10.5. The molecule has 6 atom stereocenters. The smallest absolute Gasteiger partial charge is 0.0577 e. The maximum atomic E-state index is 10.2. The number of pyridine rings is 1. The van der Waals surface area contributed by atoms with E-state index in [-0.39, 0.29) is 6.10 Å². The molecule has 1 heterocycles. The molecular weight excluding hydrogens is 318 g/mol. The molecule has 1 aromatic rings. The Labute approximate surface area is 157 Å². The van der Waals surface area contributed by atoms with Crippen molar-refractivity contribution < 1.29 is 5.11 Å². The maximum Gasteiger partial charge on any atom is 0.0577 e. The summed E-state index contributed by atoms with van der Waals surface area (Å²) in [7, 11) is 0. The number of aromatic nitrogens is 1. The molecule has 4 aliphatic carbocycles. The fourth-order valence-electron chi connectivity index (χ4n) is 7.01. The van der Waals surface area contributed by atoms with Crippen molar-refractivity contribution in [2.24, 2.45) is 28.6 Å². The van der Waals surface area contributed by atoms with Gasteiger partial charge in [0.05, 0.1) is 6.10 Å². The highest BCUT2D eigenvalue weighted by Crippen LogP contribution is 2.64. The van der Waals surface area contributed by atoms with Gasteiger partial charge in [-0.1, -0.05) is 31.6 Å². The lowest BCUT2D eigenvalue weighted by Gasteiger charge is -2.57. The minimum absolute atomic E-state index is 0.105. The van der Waals surface area contributed by atoms with E-state index in [9.17, 15) is 5.11 Å². The first-order valence-electron chi connectivity index (χ1n) is 10.5. The van der Waals surface area contributed by atoms with Gasteiger partial charge in [-0.15, -0.1) is 0 Å². The number of aliphatic hydroxyl groups is 1. The highest BCUT2D eigenvalue weighted by molar-refractivity contribution is 5.69. The minimum Gasteiger partial charge on any atom is -0.393 e. The van der Waals surface area contributed by atoms with Crippen molar-refractivity contribution in [2.45, 2.75) is 64.9 Å². The van der Waals surface area contributed by atoms with Crippen LogP contribution in [0.4, 0.5) is 0 Å². The lowest BCUT2D eigenvalue weighted by molar-refractivity contribution is -0.0261. The van der Waals surface area contributed by atoms with Crippen LogP contribution in [0.2, 0.25) is 0 Å². The maximum absolute atomic E-state index is 10.2. The third-order valence-corrected chi connectivity index (χ3v) is 8.51. The molecule has 26 heavy (non-hydrogen) atoms. The van der Waals surface area contributed by atoms with Crippen LogP contribution in [0.15, 0.2) is 42.3 Å². The minimum atomic E-state index is -0.105. The second-order valence-corrected chi connectivity index (χ2v) is 9.81. The molecule has 5 rings (SSSR count). The molecule has 0 bridgehead atoms. The Morgan fingerprint density at radius 2 is 1.85 bits per heavy atom. The lowest BCUT2D eigenvalue weighted by atomic mass is 9.48. The first-order chi connectivity index (χ1) is 12.5. The van der Waals surface area contributed by atoms with E-state index < -0.39 is 0 Å². The van der Waals surface area contributed by atoms with Gasteiger partial charge in [0.25, 0.3) is 0 Å². The molecule has 2 nitrogen and oxygen atoms in total. The molecule has 1 N–H and O–H groups in total. The summed E-state index contributed by atoms with van der Waals surface area (Å²) in [4.78, 5) is 4.20. The van der Waals surface area contributed by atoms with Crippen molar-refractivity contribution in [3.8, 4) is 0 Å². The molecule has 138 valence electrons. The van der Waals surface area contributed by atoms with Crippen molar-refractivity contribution >= 4 is 5.57 Å². The van der Waals surface area contributed by atoms with Gasteiger partial charge in [-0.25, -0.2) is 0 Å². The summed E-state index contributed by atoms with van der Waals surface area (Å²) in [6, 6.07) is 4.35. The summed E-state index contributed by atoms with van der Waals surface area (Å²) in [6.07, 6.45) is 17.1. The van der Waals surface area contributed by atoms with Crippen LogP contribution in [-0.4, -0.2) is 16.2 Å². The average Bonchev–Trinajstić information content (AvgIpc) is 3.01. The SMILES string of the molecule is C[C@@]12C=C(c3ccncc3)C[C@H]1[C@@H]1CC=C3C[C@@H](O)CC[C@]3(C)[C@H]1CC2. The molecule has 2 heteroatoms. The number of rotatable bonds is 1. The van der Waals surface area contributed by atoms with Crippen LogP contribution < -0.4 is 0 Å². The van der Waals surface area contributed by atoms with Crippen molar-refractivity contribution in [3.63, 3.8) is 0 Å². The van der Waals surface area contributed by atoms with Gasteiger partial charge >= 0.3 is 0 Å². The van der Waals surface area contributed by atoms with Crippen LogP contribution in [0.25, 0.3) is 5.57 Å². The Morgan fingerprint density at radius 1 is 1.04 bits per heavy atom. The molecule has 2 saturated carbocycles. The van der Waals surface area contributed by atoms with E-state index in [0.717, 1.165) is 30.6 Å². The van der Waals surface area contributed by atoms with E-state index in [4.69, 9.17) is 0 Å². The van der Waals surface area contributed by atoms with Crippen molar-refractivity contribution in [2.75, 3.05) is 0 Å². The van der Waals surface area contributed by atoms with E-state index in [1.54, 1.807) is 11.1 Å². The first kappa shape index (κ1) is 16.7. The topological polar surface area (TPSA) is 33.1 Å². The third-order valence-electron chi connectivity index (χ3n) is 8.51. The fourth-order valence-corrected chi connectivity index (χ4v) is 7.01. The van der Waals surface area contributed by atoms with Crippen molar-refractivity contribution in [3.05, 3.63) is 47.8 Å². The Morgan fingerprint density at radius 3 is 2.65 bits per heavy atom. The van der Waals surface area contributed by atoms with Crippen molar-refractivity contribution in [1.82, 2.24) is 4.98 Å². The van der Waals surface area contributed by atoms with Gasteiger partial charge in [-0.2, -0.15) is 0 Å². The van der Waals surface area contributed by atoms with E-state index in [1.165, 1.54) is 37.7 Å². The Balaban J connectivity index is 1.47. The van der Waals surface area contributed by atoms with Gasteiger partial charge in [0.15, 0.2) is 0 Å². The summed E-state index contributed by atoms with van der Waals surface area (Å²) < 4.78 is 0. The number of aliphatic hydroxyl groups excluding tert-OH is 1. The van der Waals surface area contributed by atoms with Crippen LogP contribution in [0.5, 0.6) is 0 Å². The molecular formula is C24H31NO. The van der Waals surface area contributed by atoms with Gasteiger partial charge in [0, 0.05) is 12.4 Å². The molecule has 0 unspecified atom stereocenters. The highest BCUT2D eigenvalue weighted by atomic mass is 16.3. The van der Waals surface area contributed by atoms with Gasteiger partial charge in [0.1, 0.15) is 0 Å². The zero-order chi connectivity index (χ0) is 17.9. The van der Waals surface area contributed by atoms with E-state index in [2.05, 4.69) is 43.1 Å². The van der Waals surface area contributed by atoms with E-state index >= 15 is 0 Å². The molecule has 0 radical (unpaired) electrons. The molecule has 0 saturated heterocycles. The number of hydrogen-bond acceptors (Lipinski definition) is 2. The van der Waals surface area contributed by atoms with E-state index in [0.29, 0.717) is 10.8 Å². The summed E-state index contributed by atoms with van der Waals surface area (Å²) >= 11 is 0. The number of nitrogens with zero attached hydrogens (tertiary/aromatic N) is 1. The van der Waals surface area contributed by atoms with Crippen LogP contribution >= 0.6 is 0 Å². The predicted molar refractivity (Wildman–Crippen MR) is 105 cm³/mol. The summed E-state index contributed by atoms with van der Waals surface area (Å²) in [5.74, 6) is 2.37. The van der Waals surface area contributed by atoms with Crippen LogP contribution in [0.3, 0.4) is 0 Å². The van der Waals surface area contributed by atoms with Crippen LogP contribution in [0.1, 0.15) is 64.4 Å². The second kappa shape index (κ2) is 5.79. The molecule has 0 spiro atoms. The standard InChI is InChI=1S/C24H31NO/c1-23-9-6-21-20(4-3-18-14-19(26)5-10-24(18,21)2)22(23)13-17(15-23)16-7-11-25-12-8-16/h3,7-8,11-12,15,19-22,26H,4-6,9-10,13-14H2,1-2H3/t19-,20+,21-,22-,23+,24-/m0/s1. The molecule has 1 aromatic heterocycles. The Hall–Kier alpha value is -1.41. The van der Waals surface area contributed by atoms with Gasteiger partial charge in [-0.3, -0.25) is 4.98 Å². The average molecular weight is 350 g/mol. The molecule has 2 fully saturated rings. The fraction of sp³-hybridized carbons (Fsp3) is 0.625. The zero-order valence-corrected chi connectivity index (χ0v) is 16.1. The zero-order valence-electron chi connectivity index (χ0n) is 16.1. The predicted octanol–water partition coefficient (Wildman–Crippen LogP) is 5.40. The Kier molecular flexibility index (Phi) is 3.73. The summed E-state index contributed by atoms with van der Waals surface area (Å²) in [6.45, 7) is 5.02. The Bertz CT molecular complexity index is 766. The summed E-state index contributed by atoms with van der Waals surface area (Å²) in [5, 5.41) is 10.2. The van der Waals surface area contributed by atoms with E-state index in [1.807, 2.05) is 12.4 Å². The highest BCUT2D eigenvalue weighted by Gasteiger charge is 2.55. The quantitative estimate of drug-likeness (QED) is 0.689. The lowest BCUT2D eigenvalue weighted by Crippen LogP contribution is -2.49. The largest absolute Gasteiger partial charge is 0.393 e. The number of fused-ring (bicyclic) bond motifs is 5. The van der Waals surface area contributed by atoms with Gasteiger partial charge in [0.2, 0.25) is 0 Å².